The normalized spacial score (nSPS) is 10.5. The Morgan fingerprint density at radius 3 is 2.48 bits per heavy atom. The van der Waals surface area contributed by atoms with E-state index in [2.05, 4.69) is 20.8 Å². The molecular formula is C22H16ClN5O3. The van der Waals surface area contributed by atoms with E-state index in [1.165, 1.54) is 17.1 Å². The second kappa shape index (κ2) is 9.19. The number of ketones is 1. The number of hydrogen-bond acceptors (Lipinski definition) is 6. The third-order valence-corrected chi connectivity index (χ3v) is 4.59. The Morgan fingerprint density at radius 1 is 1.00 bits per heavy atom. The average molecular weight is 434 g/mol. The van der Waals surface area contributed by atoms with E-state index >= 15 is 0 Å². The average Bonchev–Trinajstić information content (AvgIpc) is 3.34. The summed E-state index contributed by atoms with van der Waals surface area (Å²) < 4.78 is 7.04. The van der Waals surface area contributed by atoms with Crippen LogP contribution in [0, 0.1) is 0 Å². The fourth-order valence-corrected chi connectivity index (χ4v) is 3.04. The van der Waals surface area contributed by atoms with Gasteiger partial charge in [0.25, 0.3) is 5.91 Å². The maximum atomic E-state index is 12.9. The predicted octanol–water partition coefficient (Wildman–Crippen LogP) is 3.56. The Bertz CT molecular complexity index is 1200. The molecule has 8 nitrogen and oxygen atoms in total. The first-order chi connectivity index (χ1) is 15.1. The Morgan fingerprint density at radius 2 is 1.77 bits per heavy atom. The SMILES string of the molecule is O=C(COc1ccc(-n2cnnn2)cc1)Nc1ccc(Cl)cc1C(=O)c1ccccc1. The van der Waals surface area contributed by atoms with E-state index in [0.29, 0.717) is 27.6 Å². The molecule has 1 N–H and O–H groups in total. The first kappa shape index (κ1) is 20.2. The largest absolute Gasteiger partial charge is 0.484 e. The summed E-state index contributed by atoms with van der Waals surface area (Å²) >= 11 is 6.07. The number of nitrogens with one attached hydrogen (secondary N) is 1. The summed E-state index contributed by atoms with van der Waals surface area (Å²) in [6.07, 6.45) is 1.48. The molecule has 0 saturated heterocycles. The van der Waals surface area contributed by atoms with E-state index in [1.807, 2.05) is 6.07 Å². The van der Waals surface area contributed by atoms with Gasteiger partial charge < -0.3 is 10.1 Å². The number of amides is 1. The van der Waals surface area contributed by atoms with E-state index in [9.17, 15) is 9.59 Å². The maximum Gasteiger partial charge on any atom is 0.262 e. The van der Waals surface area contributed by atoms with Crippen LogP contribution in [0.25, 0.3) is 5.69 Å². The number of nitrogens with zero attached hydrogens (tertiary/aromatic N) is 4. The molecule has 1 heterocycles. The van der Waals surface area contributed by atoms with Crippen LogP contribution in [0.5, 0.6) is 5.75 Å². The molecule has 1 aromatic heterocycles. The molecule has 0 aliphatic rings. The molecule has 0 atom stereocenters. The Labute approximate surface area is 182 Å². The second-order valence-electron chi connectivity index (χ2n) is 6.47. The van der Waals surface area contributed by atoms with Gasteiger partial charge in [0.2, 0.25) is 0 Å². The number of tetrazole rings is 1. The van der Waals surface area contributed by atoms with Crippen molar-refractivity contribution in [1.82, 2.24) is 20.2 Å². The molecule has 1 amide bonds. The van der Waals surface area contributed by atoms with Crippen LogP contribution in [0.4, 0.5) is 5.69 Å². The lowest BCUT2D eigenvalue weighted by Crippen LogP contribution is -2.21. The van der Waals surface area contributed by atoms with Crippen molar-refractivity contribution in [3.63, 3.8) is 0 Å². The van der Waals surface area contributed by atoms with Crippen LogP contribution in [-0.2, 0) is 4.79 Å². The van der Waals surface area contributed by atoms with E-state index in [1.54, 1.807) is 60.7 Å². The van der Waals surface area contributed by atoms with Crippen LogP contribution < -0.4 is 10.1 Å². The Balaban J connectivity index is 1.42. The fraction of sp³-hybridized carbons (Fsp3) is 0.0455. The standard InChI is InChI=1S/C22H16ClN5O3/c23-16-6-11-20(19(12-16)22(30)15-4-2-1-3-5-15)25-21(29)13-31-18-9-7-17(8-10-18)28-14-24-26-27-28/h1-12,14H,13H2,(H,25,29). The summed E-state index contributed by atoms with van der Waals surface area (Å²) in [6.45, 7) is -0.230. The minimum atomic E-state index is -0.408. The minimum Gasteiger partial charge on any atom is -0.484 e. The van der Waals surface area contributed by atoms with Crippen LogP contribution >= 0.6 is 11.6 Å². The lowest BCUT2D eigenvalue weighted by atomic mass is 10.0. The molecule has 3 aromatic carbocycles. The zero-order valence-electron chi connectivity index (χ0n) is 16.1. The van der Waals surface area contributed by atoms with E-state index in [0.717, 1.165) is 5.69 Å². The highest BCUT2D eigenvalue weighted by atomic mass is 35.5. The summed E-state index contributed by atoms with van der Waals surface area (Å²) in [5.74, 6) is -0.143. The van der Waals surface area contributed by atoms with Crippen LogP contribution in [0.3, 0.4) is 0 Å². The molecule has 0 saturated carbocycles. The zero-order chi connectivity index (χ0) is 21.6. The van der Waals surface area contributed by atoms with E-state index in [-0.39, 0.29) is 12.4 Å². The van der Waals surface area contributed by atoms with Gasteiger partial charge in [-0.05, 0) is 52.9 Å². The van der Waals surface area contributed by atoms with Gasteiger partial charge in [0.1, 0.15) is 12.1 Å². The molecule has 0 aliphatic heterocycles. The van der Waals surface area contributed by atoms with Crippen LogP contribution in [0.1, 0.15) is 15.9 Å². The smallest absolute Gasteiger partial charge is 0.262 e. The molecule has 4 rings (SSSR count). The number of carbonyl (C=O) groups excluding carboxylic acids is 2. The summed E-state index contributed by atoms with van der Waals surface area (Å²) in [4.78, 5) is 25.3. The fourth-order valence-electron chi connectivity index (χ4n) is 2.87. The highest BCUT2D eigenvalue weighted by molar-refractivity contribution is 6.31. The van der Waals surface area contributed by atoms with Gasteiger partial charge in [0, 0.05) is 16.1 Å². The van der Waals surface area contributed by atoms with E-state index < -0.39 is 5.91 Å². The van der Waals surface area contributed by atoms with Gasteiger partial charge in [-0.2, -0.15) is 0 Å². The van der Waals surface area contributed by atoms with Crippen LogP contribution in [0.15, 0.2) is 79.1 Å². The van der Waals surface area contributed by atoms with Crippen molar-refractivity contribution in [2.75, 3.05) is 11.9 Å². The topological polar surface area (TPSA) is 99.0 Å². The quantitative estimate of drug-likeness (QED) is 0.447. The van der Waals surface area contributed by atoms with Crippen molar-refractivity contribution in [3.05, 3.63) is 95.3 Å². The first-order valence-electron chi connectivity index (χ1n) is 9.25. The van der Waals surface area contributed by atoms with Gasteiger partial charge in [-0.3, -0.25) is 9.59 Å². The number of ether oxygens (including phenoxy) is 1. The van der Waals surface area contributed by atoms with Crippen molar-refractivity contribution in [2.24, 2.45) is 0 Å². The van der Waals surface area contributed by atoms with Crippen molar-refractivity contribution >= 4 is 29.0 Å². The molecule has 0 unspecified atom stereocenters. The van der Waals surface area contributed by atoms with Crippen LogP contribution in [-0.4, -0.2) is 38.5 Å². The molecule has 0 bridgehead atoms. The van der Waals surface area contributed by atoms with Gasteiger partial charge >= 0.3 is 0 Å². The predicted molar refractivity (Wildman–Crippen MR) is 115 cm³/mol. The molecule has 4 aromatic rings. The van der Waals surface area contributed by atoms with Crippen molar-refractivity contribution < 1.29 is 14.3 Å². The van der Waals surface area contributed by atoms with Gasteiger partial charge in [0.15, 0.2) is 12.4 Å². The Hall–Kier alpha value is -4.04. The molecule has 0 spiro atoms. The highest BCUT2D eigenvalue weighted by Gasteiger charge is 2.16. The first-order valence-corrected chi connectivity index (χ1v) is 9.63. The number of hydrogen-bond donors (Lipinski definition) is 1. The second-order valence-corrected chi connectivity index (χ2v) is 6.91. The lowest BCUT2D eigenvalue weighted by molar-refractivity contribution is -0.118. The molecule has 0 aliphatic carbocycles. The van der Waals surface area contributed by atoms with Gasteiger partial charge in [-0.1, -0.05) is 41.9 Å². The summed E-state index contributed by atoms with van der Waals surface area (Å²) in [5, 5.41) is 14.1. The van der Waals surface area contributed by atoms with E-state index in [4.69, 9.17) is 16.3 Å². The lowest BCUT2D eigenvalue weighted by Gasteiger charge is -2.12. The molecule has 31 heavy (non-hydrogen) atoms. The Kier molecular flexibility index (Phi) is 6.00. The van der Waals surface area contributed by atoms with Gasteiger partial charge in [-0.25, -0.2) is 4.68 Å². The number of carbonyl (C=O) groups is 2. The summed E-state index contributed by atoms with van der Waals surface area (Å²) in [7, 11) is 0. The highest BCUT2D eigenvalue weighted by Crippen LogP contribution is 2.24. The van der Waals surface area contributed by atoms with Gasteiger partial charge in [0.05, 0.1) is 11.4 Å². The van der Waals surface area contributed by atoms with Crippen LogP contribution in [0.2, 0.25) is 5.02 Å². The zero-order valence-corrected chi connectivity index (χ0v) is 16.9. The molecule has 0 fully saturated rings. The van der Waals surface area contributed by atoms with Crippen molar-refractivity contribution in [3.8, 4) is 11.4 Å². The minimum absolute atomic E-state index is 0.230. The summed E-state index contributed by atoms with van der Waals surface area (Å²) in [6, 6.07) is 20.5. The number of anilines is 1. The maximum absolute atomic E-state index is 12.9. The molecule has 9 heteroatoms. The summed E-state index contributed by atoms with van der Waals surface area (Å²) in [5.41, 5.74) is 1.92. The monoisotopic (exact) mass is 433 g/mol. The molecule has 154 valence electrons. The molecule has 0 radical (unpaired) electrons. The number of benzene rings is 3. The number of rotatable bonds is 7. The number of aromatic nitrogens is 4. The van der Waals surface area contributed by atoms with Crippen molar-refractivity contribution in [1.29, 1.82) is 0 Å². The van der Waals surface area contributed by atoms with Gasteiger partial charge in [-0.15, -0.1) is 5.10 Å². The number of halogens is 1. The van der Waals surface area contributed by atoms with Crippen molar-refractivity contribution in [2.45, 2.75) is 0 Å². The molecular weight excluding hydrogens is 418 g/mol. The third-order valence-electron chi connectivity index (χ3n) is 4.36. The third kappa shape index (κ3) is 4.93.